The van der Waals surface area contributed by atoms with E-state index in [0.717, 1.165) is 49.7 Å². The molecular weight excluding hydrogens is 292 g/mol. The zero-order valence-electron chi connectivity index (χ0n) is 14.0. The molecule has 0 N–H and O–H groups in total. The van der Waals surface area contributed by atoms with E-state index >= 15 is 0 Å². The number of morpholine rings is 1. The normalized spacial score (nSPS) is 22.4. The van der Waals surface area contributed by atoms with Gasteiger partial charge in [0.1, 0.15) is 0 Å². The van der Waals surface area contributed by atoms with Gasteiger partial charge in [0.2, 0.25) is 0 Å². The minimum absolute atomic E-state index is 0.272. The van der Waals surface area contributed by atoms with Gasteiger partial charge in [-0.05, 0) is 20.8 Å². The van der Waals surface area contributed by atoms with Crippen LogP contribution in [0, 0.1) is 6.92 Å². The van der Waals surface area contributed by atoms with E-state index in [9.17, 15) is 0 Å². The lowest BCUT2D eigenvalue weighted by atomic mass is 10.2. The van der Waals surface area contributed by atoms with Crippen molar-refractivity contribution >= 4 is 0 Å². The van der Waals surface area contributed by atoms with Crippen LogP contribution in [0.5, 0.6) is 0 Å². The van der Waals surface area contributed by atoms with Crippen LogP contribution in [0.25, 0.3) is 0 Å². The van der Waals surface area contributed by atoms with Crippen molar-refractivity contribution in [3.05, 3.63) is 35.7 Å². The molecule has 1 aliphatic heterocycles. The number of aryl methyl sites for hydroxylation is 3. The maximum absolute atomic E-state index is 5.76. The van der Waals surface area contributed by atoms with Gasteiger partial charge in [-0.1, -0.05) is 5.21 Å². The van der Waals surface area contributed by atoms with Crippen molar-refractivity contribution in [3.63, 3.8) is 0 Å². The van der Waals surface area contributed by atoms with E-state index < -0.39 is 0 Å². The Balaban J connectivity index is 1.53. The number of aromatic nitrogens is 5. The van der Waals surface area contributed by atoms with Crippen LogP contribution < -0.4 is 0 Å². The molecule has 2 atom stereocenters. The molecule has 0 amide bonds. The largest absolute Gasteiger partial charge is 0.373 e. The summed E-state index contributed by atoms with van der Waals surface area (Å²) < 4.78 is 7.64. The zero-order valence-corrected chi connectivity index (χ0v) is 14.0. The molecule has 2 aromatic rings. The SMILES string of the molecule is Cc1cncc(CCn2cc(CN3C[C@@H](C)O[C@@H](C)C3)nn2)n1. The third-order valence-corrected chi connectivity index (χ3v) is 3.87. The molecule has 1 fully saturated rings. The average molecular weight is 316 g/mol. The van der Waals surface area contributed by atoms with Crippen molar-refractivity contribution in [2.24, 2.45) is 0 Å². The van der Waals surface area contributed by atoms with E-state index in [-0.39, 0.29) is 12.2 Å². The lowest BCUT2D eigenvalue weighted by Crippen LogP contribution is -2.44. The fourth-order valence-corrected chi connectivity index (χ4v) is 3.03. The molecule has 0 radical (unpaired) electrons. The van der Waals surface area contributed by atoms with Gasteiger partial charge in [-0.25, -0.2) is 0 Å². The van der Waals surface area contributed by atoms with Crippen molar-refractivity contribution in [2.75, 3.05) is 13.1 Å². The zero-order chi connectivity index (χ0) is 16.2. The maximum atomic E-state index is 5.76. The number of rotatable bonds is 5. The summed E-state index contributed by atoms with van der Waals surface area (Å²) in [5.74, 6) is 0. The molecule has 2 aromatic heterocycles. The predicted molar refractivity (Wildman–Crippen MR) is 85.8 cm³/mol. The van der Waals surface area contributed by atoms with Crippen molar-refractivity contribution < 1.29 is 4.74 Å². The third kappa shape index (κ3) is 4.56. The Hall–Kier alpha value is -1.86. The van der Waals surface area contributed by atoms with Gasteiger partial charge in [-0.15, -0.1) is 5.10 Å². The summed E-state index contributed by atoms with van der Waals surface area (Å²) in [6.45, 7) is 9.65. The van der Waals surface area contributed by atoms with Crippen LogP contribution in [0.1, 0.15) is 30.9 Å². The Kier molecular flexibility index (Phi) is 4.97. The van der Waals surface area contributed by atoms with Crippen LogP contribution in [-0.4, -0.2) is 55.2 Å². The molecule has 0 spiro atoms. The van der Waals surface area contributed by atoms with Gasteiger partial charge < -0.3 is 4.74 Å². The Morgan fingerprint density at radius 1 is 1.17 bits per heavy atom. The van der Waals surface area contributed by atoms with Gasteiger partial charge >= 0.3 is 0 Å². The minimum atomic E-state index is 0.272. The van der Waals surface area contributed by atoms with Gasteiger partial charge in [-0.2, -0.15) is 0 Å². The average Bonchev–Trinajstić information content (AvgIpc) is 2.92. The Morgan fingerprint density at radius 3 is 2.70 bits per heavy atom. The first kappa shape index (κ1) is 16.0. The molecule has 1 aliphatic rings. The second-order valence-corrected chi connectivity index (χ2v) is 6.33. The predicted octanol–water partition coefficient (Wildman–Crippen LogP) is 1.23. The second kappa shape index (κ2) is 7.14. The van der Waals surface area contributed by atoms with E-state index in [1.54, 1.807) is 12.4 Å². The molecule has 124 valence electrons. The van der Waals surface area contributed by atoms with Crippen molar-refractivity contribution in [2.45, 2.75) is 52.5 Å². The monoisotopic (exact) mass is 316 g/mol. The molecule has 7 nitrogen and oxygen atoms in total. The van der Waals surface area contributed by atoms with Gasteiger partial charge in [0.05, 0.1) is 29.3 Å². The van der Waals surface area contributed by atoms with E-state index in [1.807, 2.05) is 17.8 Å². The number of hydrogen-bond donors (Lipinski definition) is 0. The summed E-state index contributed by atoms with van der Waals surface area (Å²) >= 11 is 0. The van der Waals surface area contributed by atoms with Crippen molar-refractivity contribution in [1.29, 1.82) is 0 Å². The van der Waals surface area contributed by atoms with Crippen LogP contribution in [-0.2, 0) is 24.2 Å². The molecule has 23 heavy (non-hydrogen) atoms. The molecular formula is C16H24N6O. The highest BCUT2D eigenvalue weighted by atomic mass is 16.5. The lowest BCUT2D eigenvalue weighted by Gasteiger charge is -2.34. The fraction of sp³-hybridized carbons (Fsp3) is 0.625. The smallest absolute Gasteiger partial charge is 0.0967 e. The summed E-state index contributed by atoms with van der Waals surface area (Å²) in [5, 5.41) is 8.50. The summed E-state index contributed by atoms with van der Waals surface area (Å²) in [7, 11) is 0. The summed E-state index contributed by atoms with van der Waals surface area (Å²) in [6.07, 6.45) is 6.95. The molecule has 3 heterocycles. The number of nitrogens with zero attached hydrogens (tertiary/aromatic N) is 6. The van der Waals surface area contributed by atoms with E-state index in [1.165, 1.54) is 0 Å². The molecule has 7 heteroatoms. The molecule has 0 aromatic carbocycles. The Morgan fingerprint density at radius 2 is 1.96 bits per heavy atom. The van der Waals surface area contributed by atoms with Crippen LogP contribution in [0.2, 0.25) is 0 Å². The topological polar surface area (TPSA) is 69.0 Å². The highest BCUT2D eigenvalue weighted by molar-refractivity contribution is 5.01. The summed E-state index contributed by atoms with van der Waals surface area (Å²) in [6, 6.07) is 0. The summed E-state index contributed by atoms with van der Waals surface area (Å²) in [5.41, 5.74) is 2.93. The van der Waals surface area contributed by atoms with Crippen LogP contribution in [0.4, 0.5) is 0 Å². The highest BCUT2D eigenvalue weighted by Crippen LogP contribution is 2.13. The standard InChI is InChI=1S/C16H24N6O/c1-12-6-17-7-15(18-12)4-5-22-11-16(19-20-22)10-21-8-13(2)23-14(3)9-21/h6-7,11,13-14H,4-5,8-10H2,1-3H3/t13-,14+. The fourth-order valence-electron chi connectivity index (χ4n) is 3.03. The molecule has 0 bridgehead atoms. The van der Waals surface area contributed by atoms with Gasteiger partial charge in [0.15, 0.2) is 0 Å². The molecule has 3 rings (SSSR count). The summed E-state index contributed by atoms with van der Waals surface area (Å²) in [4.78, 5) is 11.0. The molecule has 1 saturated heterocycles. The first-order valence-electron chi connectivity index (χ1n) is 8.13. The van der Waals surface area contributed by atoms with Crippen LogP contribution >= 0.6 is 0 Å². The van der Waals surface area contributed by atoms with E-state index in [0.29, 0.717) is 0 Å². The highest BCUT2D eigenvalue weighted by Gasteiger charge is 2.22. The molecule has 0 aliphatic carbocycles. The van der Waals surface area contributed by atoms with Crippen LogP contribution in [0.3, 0.4) is 0 Å². The molecule has 0 saturated carbocycles. The van der Waals surface area contributed by atoms with Gasteiger partial charge in [0, 0.05) is 51.2 Å². The lowest BCUT2D eigenvalue weighted by molar-refractivity contribution is -0.0707. The van der Waals surface area contributed by atoms with Crippen molar-refractivity contribution in [1.82, 2.24) is 29.9 Å². The maximum Gasteiger partial charge on any atom is 0.0967 e. The third-order valence-electron chi connectivity index (χ3n) is 3.87. The minimum Gasteiger partial charge on any atom is -0.373 e. The van der Waals surface area contributed by atoms with E-state index in [4.69, 9.17) is 4.74 Å². The van der Waals surface area contributed by atoms with Gasteiger partial charge in [0.25, 0.3) is 0 Å². The van der Waals surface area contributed by atoms with Gasteiger partial charge in [-0.3, -0.25) is 19.5 Å². The first-order chi connectivity index (χ1) is 11.1. The Bertz CT molecular complexity index is 633. The molecule has 0 unspecified atom stereocenters. The number of hydrogen-bond acceptors (Lipinski definition) is 6. The first-order valence-corrected chi connectivity index (χ1v) is 8.13. The number of ether oxygens (including phenoxy) is 1. The second-order valence-electron chi connectivity index (χ2n) is 6.33. The van der Waals surface area contributed by atoms with Crippen LogP contribution in [0.15, 0.2) is 18.6 Å². The van der Waals surface area contributed by atoms with E-state index in [2.05, 4.69) is 39.0 Å². The Labute approximate surface area is 136 Å². The van der Waals surface area contributed by atoms with Crippen molar-refractivity contribution in [3.8, 4) is 0 Å². The quantitative estimate of drug-likeness (QED) is 0.826.